The van der Waals surface area contributed by atoms with E-state index in [1.165, 1.54) is 0 Å². The number of ether oxygens (including phenoxy) is 3. The van der Waals surface area contributed by atoms with Gasteiger partial charge in [-0.15, -0.1) is 24.0 Å². The Kier molecular flexibility index (Phi) is 12.4. The number of aliphatic imine (C=N–C) groups is 1. The van der Waals surface area contributed by atoms with Crippen molar-refractivity contribution in [1.82, 2.24) is 15.5 Å². The number of nitrogens with one attached hydrogen (secondary N) is 2. The smallest absolute Gasteiger partial charge is 0.191 e. The predicted octanol–water partition coefficient (Wildman–Crippen LogP) is 1.33. The van der Waals surface area contributed by atoms with Gasteiger partial charge in [0.2, 0.25) is 0 Å². The molecule has 1 fully saturated rings. The minimum absolute atomic E-state index is 0. The quantitative estimate of drug-likeness (QED) is 0.242. The van der Waals surface area contributed by atoms with Crippen LogP contribution in [0.3, 0.4) is 0 Å². The van der Waals surface area contributed by atoms with E-state index in [4.69, 9.17) is 14.2 Å². The highest BCUT2D eigenvalue weighted by molar-refractivity contribution is 14.0. The van der Waals surface area contributed by atoms with Crippen LogP contribution in [0.4, 0.5) is 0 Å². The van der Waals surface area contributed by atoms with E-state index in [2.05, 4.69) is 26.6 Å². The first-order chi connectivity index (χ1) is 12.3. The van der Waals surface area contributed by atoms with E-state index >= 15 is 0 Å². The Labute approximate surface area is 173 Å². The van der Waals surface area contributed by atoms with Crippen molar-refractivity contribution in [2.75, 3.05) is 66.8 Å². The maximum absolute atomic E-state index is 6.00. The van der Waals surface area contributed by atoms with Crippen molar-refractivity contribution < 1.29 is 14.2 Å². The van der Waals surface area contributed by atoms with Gasteiger partial charge in [0.1, 0.15) is 12.4 Å². The standard InChI is InChI=1S/C18H30N4O3.HI/c1-19-18(20-7-11-23-2)21-15-16-5-3-4-6-17(16)25-14-10-22-8-12-24-13-9-22;/h3-6H,7-15H2,1-2H3,(H2,19,20,21);1H. The normalized spacial score (nSPS) is 15.2. The van der Waals surface area contributed by atoms with E-state index in [1.54, 1.807) is 14.2 Å². The Balaban J connectivity index is 0.00000338. The number of rotatable bonds is 9. The molecule has 0 bridgehead atoms. The van der Waals surface area contributed by atoms with E-state index < -0.39 is 0 Å². The number of hydrogen-bond donors (Lipinski definition) is 2. The molecule has 148 valence electrons. The zero-order chi connectivity index (χ0) is 17.7. The van der Waals surface area contributed by atoms with Crippen LogP contribution in [0.15, 0.2) is 29.3 Å². The molecule has 1 aromatic carbocycles. The van der Waals surface area contributed by atoms with Gasteiger partial charge in [0.25, 0.3) is 0 Å². The molecule has 1 aliphatic heterocycles. The summed E-state index contributed by atoms with van der Waals surface area (Å²) in [7, 11) is 3.44. The highest BCUT2D eigenvalue weighted by Gasteiger charge is 2.10. The molecule has 1 aromatic rings. The zero-order valence-electron chi connectivity index (χ0n) is 15.7. The van der Waals surface area contributed by atoms with Crippen molar-refractivity contribution in [3.05, 3.63) is 29.8 Å². The Morgan fingerprint density at radius 3 is 2.69 bits per heavy atom. The summed E-state index contributed by atoms with van der Waals surface area (Å²) in [5.41, 5.74) is 1.11. The van der Waals surface area contributed by atoms with Crippen LogP contribution in [-0.4, -0.2) is 77.6 Å². The molecule has 0 amide bonds. The third-order valence-corrected chi connectivity index (χ3v) is 4.01. The molecule has 1 saturated heterocycles. The Morgan fingerprint density at radius 2 is 1.96 bits per heavy atom. The van der Waals surface area contributed by atoms with E-state index in [0.717, 1.165) is 50.1 Å². The molecule has 0 unspecified atom stereocenters. The van der Waals surface area contributed by atoms with Crippen molar-refractivity contribution >= 4 is 29.9 Å². The highest BCUT2D eigenvalue weighted by atomic mass is 127. The minimum Gasteiger partial charge on any atom is -0.492 e. The maximum atomic E-state index is 6.00. The number of halogens is 1. The molecule has 1 heterocycles. The topological polar surface area (TPSA) is 67.4 Å². The van der Waals surface area contributed by atoms with Crippen molar-refractivity contribution in [3.63, 3.8) is 0 Å². The van der Waals surface area contributed by atoms with Crippen LogP contribution in [-0.2, 0) is 16.0 Å². The lowest BCUT2D eigenvalue weighted by Gasteiger charge is -2.26. The lowest BCUT2D eigenvalue weighted by molar-refractivity contribution is 0.0322. The van der Waals surface area contributed by atoms with E-state index in [9.17, 15) is 0 Å². The van der Waals surface area contributed by atoms with Gasteiger partial charge < -0.3 is 24.8 Å². The van der Waals surface area contributed by atoms with E-state index in [-0.39, 0.29) is 24.0 Å². The summed E-state index contributed by atoms with van der Waals surface area (Å²) in [5, 5.41) is 6.50. The first-order valence-electron chi connectivity index (χ1n) is 8.77. The van der Waals surface area contributed by atoms with Gasteiger partial charge in [-0.05, 0) is 6.07 Å². The monoisotopic (exact) mass is 478 g/mol. The van der Waals surface area contributed by atoms with E-state index in [1.807, 2.05) is 18.2 Å². The number of hydrogen-bond acceptors (Lipinski definition) is 5. The Bertz CT molecular complexity index is 525. The number of guanidine groups is 1. The fourth-order valence-corrected chi connectivity index (χ4v) is 2.57. The molecule has 7 nitrogen and oxygen atoms in total. The lowest BCUT2D eigenvalue weighted by atomic mass is 10.2. The Hall–Kier alpha value is -1.10. The number of benzene rings is 1. The summed E-state index contributed by atoms with van der Waals surface area (Å²) >= 11 is 0. The summed E-state index contributed by atoms with van der Waals surface area (Å²) in [4.78, 5) is 6.57. The van der Waals surface area contributed by atoms with Crippen LogP contribution >= 0.6 is 24.0 Å². The summed E-state index contributed by atoms with van der Waals surface area (Å²) in [6.45, 7) is 7.21. The molecule has 26 heavy (non-hydrogen) atoms. The van der Waals surface area contributed by atoms with Gasteiger partial charge in [-0.25, -0.2) is 0 Å². The summed E-state index contributed by atoms with van der Waals surface area (Å²) in [6, 6.07) is 8.10. The SMILES string of the molecule is CN=C(NCCOC)NCc1ccccc1OCCN1CCOCC1.I. The fourth-order valence-electron chi connectivity index (χ4n) is 2.57. The van der Waals surface area contributed by atoms with Gasteiger partial charge in [-0.1, -0.05) is 18.2 Å². The van der Waals surface area contributed by atoms with Crippen molar-refractivity contribution in [3.8, 4) is 5.75 Å². The number of morpholine rings is 1. The lowest BCUT2D eigenvalue weighted by Crippen LogP contribution is -2.39. The number of nitrogens with zero attached hydrogens (tertiary/aromatic N) is 2. The predicted molar refractivity (Wildman–Crippen MR) is 115 cm³/mol. The second-order valence-electron chi connectivity index (χ2n) is 5.76. The molecule has 0 atom stereocenters. The zero-order valence-corrected chi connectivity index (χ0v) is 18.0. The van der Waals surface area contributed by atoms with Crippen molar-refractivity contribution in [2.24, 2.45) is 4.99 Å². The van der Waals surface area contributed by atoms with Crippen molar-refractivity contribution in [2.45, 2.75) is 6.54 Å². The van der Waals surface area contributed by atoms with E-state index in [0.29, 0.717) is 26.3 Å². The number of methoxy groups -OCH3 is 1. The van der Waals surface area contributed by atoms with Gasteiger partial charge >= 0.3 is 0 Å². The van der Waals surface area contributed by atoms with Gasteiger partial charge in [-0.2, -0.15) is 0 Å². The van der Waals surface area contributed by atoms with Crippen LogP contribution in [0.2, 0.25) is 0 Å². The fraction of sp³-hybridized carbons (Fsp3) is 0.611. The molecular weight excluding hydrogens is 447 g/mol. The average Bonchev–Trinajstić information content (AvgIpc) is 2.66. The third-order valence-electron chi connectivity index (χ3n) is 4.01. The van der Waals surface area contributed by atoms with Gasteiger partial charge in [0, 0.05) is 52.4 Å². The minimum atomic E-state index is 0. The van der Waals surface area contributed by atoms with Crippen LogP contribution in [0, 0.1) is 0 Å². The average molecular weight is 478 g/mol. The van der Waals surface area contributed by atoms with Gasteiger partial charge in [0.05, 0.1) is 19.8 Å². The Morgan fingerprint density at radius 1 is 1.19 bits per heavy atom. The van der Waals surface area contributed by atoms with Crippen LogP contribution in [0.1, 0.15) is 5.56 Å². The second kappa shape index (κ2) is 14.0. The summed E-state index contributed by atoms with van der Waals surface area (Å²) < 4.78 is 16.4. The van der Waals surface area contributed by atoms with Crippen LogP contribution < -0.4 is 15.4 Å². The molecule has 1 aliphatic rings. The highest BCUT2D eigenvalue weighted by Crippen LogP contribution is 2.17. The largest absolute Gasteiger partial charge is 0.492 e. The molecule has 2 N–H and O–H groups in total. The molecule has 0 aromatic heterocycles. The van der Waals surface area contributed by atoms with Crippen molar-refractivity contribution in [1.29, 1.82) is 0 Å². The molecule has 0 saturated carbocycles. The third kappa shape index (κ3) is 8.52. The van der Waals surface area contributed by atoms with Gasteiger partial charge in [-0.3, -0.25) is 9.89 Å². The van der Waals surface area contributed by atoms with Crippen LogP contribution in [0.25, 0.3) is 0 Å². The first-order valence-corrected chi connectivity index (χ1v) is 8.77. The molecule has 2 rings (SSSR count). The summed E-state index contributed by atoms with van der Waals surface area (Å²) in [6.07, 6.45) is 0. The molecule has 0 spiro atoms. The first kappa shape index (κ1) is 22.9. The number of para-hydroxylation sites is 1. The molecule has 0 aliphatic carbocycles. The van der Waals surface area contributed by atoms with Gasteiger partial charge in [0.15, 0.2) is 5.96 Å². The maximum Gasteiger partial charge on any atom is 0.191 e. The second-order valence-corrected chi connectivity index (χ2v) is 5.76. The molecular formula is C18H31IN4O3. The summed E-state index contributed by atoms with van der Waals surface area (Å²) in [5.74, 6) is 1.66. The molecule has 0 radical (unpaired) electrons. The van der Waals surface area contributed by atoms with Crippen LogP contribution in [0.5, 0.6) is 5.75 Å². The molecule has 8 heteroatoms.